The Kier molecular flexibility index (Phi) is 3.90. The highest BCUT2D eigenvalue weighted by atomic mass is 16.2. The van der Waals surface area contributed by atoms with E-state index in [0.717, 1.165) is 22.4 Å². The molecule has 128 valence electrons. The molecule has 0 saturated heterocycles. The van der Waals surface area contributed by atoms with E-state index >= 15 is 0 Å². The number of carbonyl (C=O) groups is 2. The van der Waals surface area contributed by atoms with Gasteiger partial charge >= 0.3 is 6.03 Å². The Hall–Kier alpha value is -2.30. The van der Waals surface area contributed by atoms with E-state index in [1.165, 1.54) is 5.56 Å². The van der Waals surface area contributed by atoms with Crippen molar-refractivity contribution in [2.24, 2.45) is 0 Å². The van der Waals surface area contributed by atoms with Gasteiger partial charge in [0.15, 0.2) is 0 Å². The third kappa shape index (κ3) is 2.39. The molecule has 24 heavy (non-hydrogen) atoms. The summed E-state index contributed by atoms with van der Waals surface area (Å²) in [6.45, 7) is 10.7. The molecule has 3 rings (SSSR count). The fraction of sp³-hybridized carbons (Fsp3) is 0.474. The first-order chi connectivity index (χ1) is 11.2. The van der Waals surface area contributed by atoms with Gasteiger partial charge in [-0.2, -0.15) is 0 Å². The lowest BCUT2D eigenvalue weighted by molar-refractivity contribution is -0.127. The molecule has 1 atom stereocenters. The van der Waals surface area contributed by atoms with Crippen molar-refractivity contribution in [2.75, 3.05) is 13.6 Å². The number of nitrogens with zero attached hydrogens (tertiary/aromatic N) is 2. The number of nitrogens with one attached hydrogen (secondary N) is 1. The maximum Gasteiger partial charge on any atom is 0.322 e. The van der Waals surface area contributed by atoms with Crippen LogP contribution in [0, 0.1) is 20.8 Å². The topological polar surface area (TPSA) is 52.7 Å². The Morgan fingerprint density at radius 2 is 1.71 bits per heavy atom. The van der Waals surface area contributed by atoms with E-state index in [2.05, 4.69) is 31.3 Å². The van der Waals surface area contributed by atoms with E-state index < -0.39 is 0 Å². The van der Waals surface area contributed by atoms with E-state index in [1.807, 2.05) is 25.7 Å². The third-order valence-electron chi connectivity index (χ3n) is 5.21. The number of rotatable bonds is 2. The van der Waals surface area contributed by atoms with Crippen LogP contribution in [0.15, 0.2) is 23.4 Å². The number of hydrogen-bond acceptors (Lipinski definition) is 2. The maximum atomic E-state index is 13.0. The second-order valence-electron chi connectivity index (χ2n) is 7.12. The van der Waals surface area contributed by atoms with Gasteiger partial charge in [0.25, 0.3) is 5.91 Å². The average molecular weight is 327 g/mol. The first-order valence-corrected chi connectivity index (χ1v) is 8.38. The molecule has 5 heteroatoms. The van der Waals surface area contributed by atoms with Gasteiger partial charge in [-0.15, -0.1) is 0 Å². The van der Waals surface area contributed by atoms with Crippen LogP contribution in [0.1, 0.15) is 42.1 Å². The lowest BCUT2D eigenvalue weighted by atomic mass is 9.90. The fourth-order valence-electron chi connectivity index (χ4n) is 3.53. The number of urea groups is 1. The molecule has 0 unspecified atom stereocenters. The second kappa shape index (κ2) is 5.65. The van der Waals surface area contributed by atoms with Gasteiger partial charge in [0.2, 0.25) is 0 Å². The fourth-order valence-corrected chi connectivity index (χ4v) is 3.53. The van der Waals surface area contributed by atoms with E-state index in [-0.39, 0.29) is 24.0 Å². The van der Waals surface area contributed by atoms with Gasteiger partial charge in [-0.1, -0.05) is 12.1 Å². The number of aryl methyl sites for hydroxylation is 3. The predicted octanol–water partition coefficient (Wildman–Crippen LogP) is 2.81. The van der Waals surface area contributed by atoms with Crippen molar-refractivity contribution >= 4 is 11.9 Å². The van der Waals surface area contributed by atoms with Crippen LogP contribution < -0.4 is 5.32 Å². The minimum Gasteiger partial charge on any atom is -0.331 e. The molecule has 3 amide bonds. The highest BCUT2D eigenvalue weighted by molar-refractivity contribution is 6.01. The lowest BCUT2D eigenvalue weighted by Crippen LogP contribution is -2.45. The van der Waals surface area contributed by atoms with Gasteiger partial charge in [0, 0.05) is 13.1 Å². The number of carbonyl (C=O) groups excluding carboxylic acids is 2. The van der Waals surface area contributed by atoms with Gasteiger partial charge < -0.3 is 10.2 Å². The van der Waals surface area contributed by atoms with Crippen LogP contribution in [-0.4, -0.2) is 41.4 Å². The first-order valence-electron chi connectivity index (χ1n) is 8.38. The molecular weight excluding hydrogens is 302 g/mol. The Morgan fingerprint density at radius 1 is 1.08 bits per heavy atom. The summed E-state index contributed by atoms with van der Waals surface area (Å²) in [4.78, 5) is 28.8. The highest BCUT2D eigenvalue weighted by Crippen LogP contribution is 2.37. The monoisotopic (exact) mass is 327 g/mol. The zero-order valence-electron chi connectivity index (χ0n) is 15.2. The minimum atomic E-state index is -0.376. The summed E-state index contributed by atoms with van der Waals surface area (Å²) < 4.78 is 0. The molecule has 2 heterocycles. The highest BCUT2D eigenvalue weighted by Gasteiger charge is 2.43. The van der Waals surface area contributed by atoms with Gasteiger partial charge in [-0.05, 0) is 56.9 Å². The maximum absolute atomic E-state index is 13.0. The molecule has 0 aromatic heterocycles. The number of likely N-dealkylation sites (N-methyl/N-ethyl adjacent to an activating group) is 1. The van der Waals surface area contributed by atoms with Crippen molar-refractivity contribution in [2.45, 2.75) is 46.7 Å². The third-order valence-corrected chi connectivity index (χ3v) is 5.21. The van der Waals surface area contributed by atoms with Gasteiger partial charge in [0.05, 0.1) is 23.9 Å². The Bertz CT molecular complexity index is 764. The molecule has 0 fully saturated rings. The first kappa shape index (κ1) is 16.6. The summed E-state index contributed by atoms with van der Waals surface area (Å²) in [7, 11) is 1.73. The Morgan fingerprint density at radius 3 is 2.33 bits per heavy atom. The van der Waals surface area contributed by atoms with Crippen molar-refractivity contribution in [1.29, 1.82) is 0 Å². The molecular formula is C19H25N3O2. The molecule has 1 aromatic rings. The van der Waals surface area contributed by atoms with Crippen molar-refractivity contribution in [3.63, 3.8) is 0 Å². The molecule has 0 aliphatic carbocycles. The van der Waals surface area contributed by atoms with Crippen LogP contribution in [0.3, 0.4) is 0 Å². The summed E-state index contributed by atoms with van der Waals surface area (Å²) in [6.07, 6.45) is 0. The standard InChI is InChI=1S/C19H25N3O2/c1-10(2)22-9-15-16(18(22)23)17(20-19(24)21(15)6)14-8-12(4)11(3)7-13(14)5/h7-8,10,17H,9H2,1-6H3,(H,20,24)/t17-/m1/s1. The quantitative estimate of drug-likeness (QED) is 0.908. The molecule has 5 nitrogen and oxygen atoms in total. The Labute approximate surface area is 143 Å². The van der Waals surface area contributed by atoms with Crippen LogP contribution in [-0.2, 0) is 4.79 Å². The Balaban J connectivity index is 2.13. The average Bonchev–Trinajstić information content (AvgIpc) is 2.85. The molecule has 1 aromatic carbocycles. The SMILES string of the molecule is Cc1cc(C)c([C@H]2NC(=O)N(C)C3=C2C(=O)N(C(C)C)C3)cc1C. The summed E-state index contributed by atoms with van der Waals surface area (Å²) in [5, 5.41) is 3.01. The largest absolute Gasteiger partial charge is 0.331 e. The van der Waals surface area contributed by atoms with E-state index in [1.54, 1.807) is 11.9 Å². The summed E-state index contributed by atoms with van der Waals surface area (Å²) in [5.41, 5.74) is 6.00. The molecule has 0 radical (unpaired) electrons. The van der Waals surface area contributed by atoms with Crippen LogP contribution in [0.2, 0.25) is 0 Å². The molecule has 2 aliphatic heterocycles. The van der Waals surface area contributed by atoms with Crippen LogP contribution in [0.5, 0.6) is 0 Å². The molecule has 1 N–H and O–H groups in total. The number of amides is 3. The second-order valence-corrected chi connectivity index (χ2v) is 7.12. The lowest BCUT2D eigenvalue weighted by Gasteiger charge is -2.32. The van der Waals surface area contributed by atoms with E-state index in [9.17, 15) is 9.59 Å². The zero-order chi connectivity index (χ0) is 17.8. The predicted molar refractivity (Wildman–Crippen MR) is 93.6 cm³/mol. The summed E-state index contributed by atoms with van der Waals surface area (Å²) in [6, 6.07) is 3.79. The van der Waals surface area contributed by atoms with Gasteiger partial charge in [0.1, 0.15) is 0 Å². The summed E-state index contributed by atoms with van der Waals surface area (Å²) in [5.74, 6) is 0.0227. The normalized spacial score (nSPS) is 20.9. The molecule has 0 spiro atoms. The molecule has 0 saturated carbocycles. The van der Waals surface area contributed by atoms with Crippen molar-refractivity contribution in [1.82, 2.24) is 15.1 Å². The number of benzene rings is 1. The van der Waals surface area contributed by atoms with E-state index in [0.29, 0.717) is 12.1 Å². The molecule has 0 bridgehead atoms. The zero-order valence-corrected chi connectivity index (χ0v) is 15.2. The van der Waals surface area contributed by atoms with Crippen molar-refractivity contribution < 1.29 is 9.59 Å². The van der Waals surface area contributed by atoms with Gasteiger partial charge in [-0.25, -0.2) is 4.79 Å². The van der Waals surface area contributed by atoms with Crippen LogP contribution >= 0.6 is 0 Å². The van der Waals surface area contributed by atoms with Crippen molar-refractivity contribution in [3.05, 3.63) is 45.7 Å². The minimum absolute atomic E-state index is 0.0227. The molecule has 2 aliphatic rings. The smallest absolute Gasteiger partial charge is 0.322 e. The van der Waals surface area contributed by atoms with E-state index in [4.69, 9.17) is 0 Å². The summed E-state index contributed by atoms with van der Waals surface area (Å²) >= 11 is 0. The van der Waals surface area contributed by atoms with Crippen molar-refractivity contribution in [3.8, 4) is 0 Å². The van der Waals surface area contributed by atoms with Gasteiger partial charge in [-0.3, -0.25) is 9.69 Å². The van der Waals surface area contributed by atoms with Crippen LogP contribution in [0.25, 0.3) is 0 Å². The van der Waals surface area contributed by atoms with Crippen LogP contribution in [0.4, 0.5) is 4.79 Å². The number of hydrogen-bond donors (Lipinski definition) is 1.